The molecule has 0 saturated carbocycles. The first-order valence-electron chi connectivity index (χ1n) is 10.7. The number of piperazine rings is 1. The first-order chi connectivity index (χ1) is 14.9. The van der Waals surface area contributed by atoms with Crippen LogP contribution in [0, 0.1) is 20.8 Å². The van der Waals surface area contributed by atoms with Crippen molar-refractivity contribution in [1.82, 2.24) is 10.2 Å². The lowest BCUT2D eigenvalue weighted by Crippen LogP contribution is -2.50. The molecule has 2 rings (SSSR count). The molecule has 0 spiro atoms. The summed E-state index contributed by atoms with van der Waals surface area (Å²) in [6.07, 6.45) is -0.330. The molecule has 1 aromatic carbocycles. The average molecular weight is 450 g/mol. The number of carboxylic acids is 1. The van der Waals surface area contributed by atoms with Crippen molar-refractivity contribution in [2.45, 2.75) is 53.7 Å². The molecule has 0 aromatic heterocycles. The smallest absolute Gasteiger partial charge is 0.410 e. The Kier molecular flexibility index (Phi) is 8.12. The SMILES string of the molecule is COC(=O)c1c(C)c(CNCC(=O)O)c(C)c(N2CCN(C(=O)OC(C)(C)C)CC2)c1C. The van der Waals surface area contributed by atoms with Crippen molar-refractivity contribution in [3.05, 3.63) is 27.8 Å². The van der Waals surface area contributed by atoms with Gasteiger partial charge in [0.2, 0.25) is 0 Å². The summed E-state index contributed by atoms with van der Waals surface area (Å²) in [7, 11) is 1.35. The van der Waals surface area contributed by atoms with E-state index in [0.717, 1.165) is 27.9 Å². The molecule has 1 aliphatic heterocycles. The Morgan fingerprint density at radius 2 is 1.59 bits per heavy atom. The van der Waals surface area contributed by atoms with E-state index >= 15 is 0 Å². The third-order valence-electron chi connectivity index (χ3n) is 5.58. The molecule has 1 aliphatic rings. The highest BCUT2D eigenvalue weighted by atomic mass is 16.6. The summed E-state index contributed by atoms with van der Waals surface area (Å²) >= 11 is 0. The molecule has 0 aliphatic carbocycles. The van der Waals surface area contributed by atoms with Crippen LogP contribution in [0.3, 0.4) is 0 Å². The van der Waals surface area contributed by atoms with Gasteiger partial charge in [0.1, 0.15) is 5.60 Å². The van der Waals surface area contributed by atoms with Gasteiger partial charge in [-0.25, -0.2) is 9.59 Å². The van der Waals surface area contributed by atoms with Gasteiger partial charge >= 0.3 is 18.0 Å². The zero-order valence-electron chi connectivity index (χ0n) is 20.1. The highest BCUT2D eigenvalue weighted by molar-refractivity contribution is 5.95. The zero-order valence-corrected chi connectivity index (χ0v) is 20.1. The summed E-state index contributed by atoms with van der Waals surface area (Å²) < 4.78 is 10.5. The van der Waals surface area contributed by atoms with Crippen LogP contribution < -0.4 is 10.2 Å². The number of aliphatic carboxylic acids is 1. The number of carbonyl (C=O) groups is 3. The molecule has 32 heavy (non-hydrogen) atoms. The van der Waals surface area contributed by atoms with Crippen LogP contribution in [0.5, 0.6) is 0 Å². The van der Waals surface area contributed by atoms with E-state index in [1.54, 1.807) is 4.90 Å². The summed E-state index contributed by atoms with van der Waals surface area (Å²) in [5.74, 6) is -1.37. The van der Waals surface area contributed by atoms with Crippen LogP contribution in [0.4, 0.5) is 10.5 Å². The fourth-order valence-electron chi connectivity index (χ4n) is 4.14. The number of methoxy groups -OCH3 is 1. The number of hydrogen-bond acceptors (Lipinski definition) is 7. The fraction of sp³-hybridized carbons (Fsp3) is 0.609. The zero-order chi connectivity index (χ0) is 24.2. The molecule has 1 amide bonds. The maximum atomic E-state index is 12.6. The molecule has 178 valence electrons. The number of hydrogen-bond donors (Lipinski definition) is 2. The predicted molar refractivity (Wildman–Crippen MR) is 121 cm³/mol. The minimum Gasteiger partial charge on any atom is -0.480 e. The van der Waals surface area contributed by atoms with Gasteiger partial charge in [-0.1, -0.05) is 0 Å². The maximum Gasteiger partial charge on any atom is 0.410 e. The molecule has 0 radical (unpaired) electrons. The summed E-state index contributed by atoms with van der Waals surface area (Å²) in [6, 6.07) is 0. The standard InChI is InChI=1S/C23H35N3O6/c1-14-17(12-24-13-18(27)28)15(2)20(16(3)19(14)21(29)31-7)25-8-10-26(11-9-25)22(30)32-23(4,5)6/h24H,8-13H2,1-7H3,(H,27,28). The molecular weight excluding hydrogens is 414 g/mol. The summed E-state index contributed by atoms with van der Waals surface area (Å²) in [4.78, 5) is 39.8. The van der Waals surface area contributed by atoms with E-state index in [1.807, 2.05) is 41.5 Å². The van der Waals surface area contributed by atoms with Crippen molar-refractivity contribution >= 4 is 23.7 Å². The van der Waals surface area contributed by atoms with E-state index in [2.05, 4.69) is 10.2 Å². The quantitative estimate of drug-likeness (QED) is 0.638. The number of carboxylic acid groups (broad SMARTS) is 1. The van der Waals surface area contributed by atoms with Crippen molar-refractivity contribution < 1.29 is 29.0 Å². The minimum absolute atomic E-state index is 0.176. The number of nitrogens with one attached hydrogen (secondary N) is 1. The number of benzene rings is 1. The Labute approximate surface area is 189 Å². The van der Waals surface area contributed by atoms with Crippen LogP contribution in [0.1, 0.15) is 53.4 Å². The van der Waals surface area contributed by atoms with Crippen LogP contribution in [0.15, 0.2) is 0 Å². The molecule has 1 saturated heterocycles. The Morgan fingerprint density at radius 3 is 2.09 bits per heavy atom. The van der Waals surface area contributed by atoms with E-state index < -0.39 is 17.5 Å². The molecular formula is C23H35N3O6. The van der Waals surface area contributed by atoms with Gasteiger partial charge in [0.15, 0.2) is 0 Å². The molecule has 1 fully saturated rings. The number of esters is 1. The number of anilines is 1. The first kappa shape index (κ1) is 25.5. The van der Waals surface area contributed by atoms with Crippen molar-refractivity contribution in [1.29, 1.82) is 0 Å². The molecule has 9 nitrogen and oxygen atoms in total. The van der Waals surface area contributed by atoms with Gasteiger partial charge in [-0.15, -0.1) is 0 Å². The average Bonchev–Trinajstić information content (AvgIpc) is 2.69. The lowest BCUT2D eigenvalue weighted by atomic mass is 9.90. The third-order valence-corrected chi connectivity index (χ3v) is 5.58. The van der Waals surface area contributed by atoms with Crippen molar-refractivity contribution in [3.8, 4) is 0 Å². The molecule has 0 unspecified atom stereocenters. The number of carbonyl (C=O) groups excluding carboxylic acids is 2. The van der Waals surface area contributed by atoms with Crippen LogP contribution in [-0.2, 0) is 20.8 Å². The van der Waals surface area contributed by atoms with E-state index in [-0.39, 0.29) is 12.6 Å². The van der Waals surface area contributed by atoms with Crippen LogP contribution >= 0.6 is 0 Å². The van der Waals surface area contributed by atoms with Gasteiger partial charge in [-0.05, 0) is 63.8 Å². The van der Waals surface area contributed by atoms with Gasteiger partial charge in [0, 0.05) is 38.4 Å². The van der Waals surface area contributed by atoms with Gasteiger partial charge in [-0.3, -0.25) is 4.79 Å². The Hall–Kier alpha value is -2.81. The largest absolute Gasteiger partial charge is 0.480 e. The normalized spacial score (nSPS) is 14.3. The number of rotatable bonds is 6. The molecule has 1 aromatic rings. The minimum atomic E-state index is -0.945. The second-order valence-electron chi connectivity index (χ2n) is 9.02. The summed E-state index contributed by atoms with van der Waals surface area (Å²) in [6.45, 7) is 13.6. The number of ether oxygens (including phenoxy) is 2. The second kappa shape index (κ2) is 10.2. The lowest BCUT2D eigenvalue weighted by Gasteiger charge is -2.39. The van der Waals surface area contributed by atoms with E-state index in [0.29, 0.717) is 38.3 Å². The van der Waals surface area contributed by atoms with Crippen LogP contribution in [0.25, 0.3) is 0 Å². The molecule has 2 N–H and O–H groups in total. The van der Waals surface area contributed by atoms with Gasteiger partial charge in [0.05, 0.1) is 19.2 Å². The number of amides is 1. The third kappa shape index (κ3) is 5.91. The topological polar surface area (TPSA) is 108 Å². The van der Waals surface area contributed by atoms with Crippen molar-refractivity contribution in [3.63, 3.8) is 0 Å². The van der Waals surface area contributed by atoms with E-state index in [9.17, 15) is 14.4 Å². The molecule has 1 heterocycles. The Balaban J connectivity index is 2.35. The van der Waals surface area contributed by atoms with Crippen molar-refractivity contribution in [2.75, 3.05) is 44.7 Å². The predicted octanol–water partition coefficient (Wildman–Crippen LogP) is 2.63. The van der Waals surface area contributed by atoms with Gasteiger partial charge < -0.3 is 29.7 Å². The molecule has 0 atom stereocenters. The molecule has 9 heteroatoms. The Morgan fingerprint density at radius 1 is 1.00 bits per heavy atom. The van der Waals surface area contributed by atoms with Gasteiger partial charge in [0.25, 0.3) is 0 Å². The number of nitrogens with zero attached hydrogens (tertiary/aromatic N) is 2. The second-order valence-corrected chi connectivity index (χ2v) is 9.02. The maximum absolute atomic E-state index is 12.6. The van der Waals surface area contributed by atoms with E-state index in [1.165, 1.54) is 7.11 Å². The highest BCUT2D eigenvalue weighted by Gasteiger charge is 2.29. The monoisotopic (exact) mass is 449 g/mol. The highest BCUT2D eigenvalue weighted by Crippen LogP contribution is 2.35. The first-order valence-corrected chi connectivity index (χ1v) is 10.7. The van der Waals surface area contributed by atoms with E-state index in [4.69, 9.17) is 14.6 Å². The van der Waals surface area contributed by atoms with Crippen molar-refractivity contribution in [2.24, 2.45) is 0 Å². The fourth-order valence-corrected chi connectivity index (χ4v) is 4.14. The van der Waals surface area contributed by atoms with Crippen LogP contribution in [-0.4, -0.2) is 73.5 Å². The van der Waals surface area contributed by atoms with Crippen LogP contribution in [0.2, 0.25) is 0 Å². The lowest BCUT2D eigenvalue weighted by molar-refractivity contribution is -0.136. The van der Waals surface area contributed by atoms with Gasteiger partial charge in [-0.2, -0.15) is 0 Å². The summed E-state index contributed by atoms with van der Waals surface area (Å²) in [5, 5.41) is 11.9. The Bertz CT molecular complexity index is 883. The summed E-state index contributed by atoms with van der Waals surface area (Å²) in [5.41, 5.74) is 4.33. The molecule has 0 bridgehead atoms.